The molecule has 1 aromatic heterocycles. The summed E-state index contributed by atoms with van der Waals surface area (Å²) in [6.07, 6.45) is 3.80. The van der Waals surface area contributed by atoms with E-state index in [1.807, 2.05) is 17.8 Å². The van der Waals surface area contributed by atoms with E-state index in [0.717, 1.165) is 5.82 Å². The normalized spacial score (nSPS) is 20.4. The number of likely N-dealkylation sites (N-methyl/N-ethyl adjacent to an activating group) is 1. The molecule has 0 aromatic carbocycles. The Morgan fingerprint density at radius 1 is 1.53 bits per heavy atom. The van der Waals surface area contributed by atoms with Crippen LogP contribution in [-0.2, 0) is 23.2 Å². The van der Waals surface area contributed by atoms with Crippen LogP contribution in [0.15, 0.2) is 12.4 Å². The minimum atomic E-state index is -0.404. The van der Waals surface area contributed by atoms with Crippen molar-refractivity contribution < 1.29 is 9.59 Å². The molecule has 1 aliphatic heterocycles. The fraction of sp³-hybridized carbons (Fsp3) is 0.545. The first-order valence-electron chi connectivity index (χ1n) is 5.67. The lowest BCUT2D eigenvalue weighted by Crippen LogP contribution is -2.38. The molecule has 1 unspecified atom stereocenters. The first-order chi connectivity index (χ1) is 8.13. The second-order valence-corrected chi connectivity index (χ2v) is 4.07. The van der Waals surface area contributed by atoms with Crippen LogP contribution in [0, 0.1) is 0 Å². The van der Waals surface area contributed by atoms with Crippen molar-refractivity contribution in [3.63, 3.8) is 0 Å². The number of aryl methyl sites for hydroxylation is 1. The van der Waals surface area contributed by atoms with E-state index < -0.39 is 6.04 Å². The van der Waals surface area contributed by atoms with Crippen LogP contribution in [0.25, 0.3) is 0 Å². The molecule has 1 N–H and O–H groups in total. The van der Waals surface area contributed by atoms with Crippen LogP contribution in [0.3, 0.4) is 0 Å². The molecule has 0 bridgehead atoms. The maximum atomic E-state index is 11.8. The highest BCUT2D eigenvalue weighted by Gasteiger charge is 2.37. The Hall–Kier alpha value is -1.69. The molecule has 2 amide bonds. The van der Waals surface area contributed by atoms with Crippen molar-refractivity contribution in [3.8, 4) is 0 Å². The summed E-state index contributed by atoms with van der Waals surface area (Å²) in [5.41, 5.74) is 0. The van der Waals surface area contributed by atoms with Crippen LogP contribution < -0.4 is 5.32 Å². The van der Waals surface area contributed by atoms with E-state index in [9.17, 15) is 9.59 Å². The predicted molar refractivity (Wildman–Crippen MR) is 60.8 cm³/mol. The minimum absolute atomic E-state index is 0.102. The Labute approximate surface area is 99.6 Å². The molecule has 0 saturated carbocycles. The highest BCUT2D eigenvalue weighted by molar-refractivity contribution is 6.05. The zero-order chi connectivity index (χ0) is 12.4. The minimum Gasteiger partial charge on any atom is -0.337 e. The predicted octanol–water partition coefficient (Wildman–Crippen LogP) is -0.343. The fourth-order valence-electron chi connectivity index (χ4n) is 1.96. The number of hydrogen-bond donors (Lipinski definition) is 1. The number of carbonyl (C=O) groups is 2. The summed E-state index contributed by atoms with van der Waals surface area (Å²) in [5, 5.41) is 3.07. The highest BCUT2D eigenvalue weighted by atomic mass is 16.2. The lowest BCUT2D eigenvalue weighted by Gasteiger charge is -2.12. The number of rotatable bonds is 4. The molecule has 0 spiro atoms. The zero-order valence-corrected chi connectivity index (χ0v) is 10.0. The van der Waals surface area contributed by atoms with Crippen molar-refractivity contribution in [2.45, 2.75) is 25.9 Å². The van der Waals surface area contributed by atoms with Gasteiger partial charge in [-0.2, -0.15) is 0 Å². The SMILES string of the molecule is CCN1C(=O)CC(NCc2nccn2C)C1=O. The van der Waals surface area contributed by atoms with Gasteiger partial charge >= 0.3 is 0 Å². The number of likely N-dealkylation sites (tertiary alicyclic amines) is 1. The largest absolute Gasteiger partial charge is 0.337 e. The Morgan fingerprint density at radius 3 is 2.82 bits per heavy atom. The molecule has 92 valence electrons. The molecular formula is C11H16N4O2. The third kappa shape index (κ3) is 2.21. The summed E-state index contributed by atoms with van der Waals surface area (Å²) in [4.78, 5) is 28.7. The Bertz CT molecular complexity index is 440. The van der Waals surface area contributed by atoms with E-state index in [-0.39, 0.29) is 18.2 Å². The van der Waals surface area contributed by atoms with Gasteiger partial charge in [0.15, 0.2) is 0 Å². The maximum absolute atomic E-state index is 11.8. The first-order valence-corrected chi connectivity index (χ1v) is 5.67. The van der Waals surface area contributed by atoms with E-state index in [4.69, 9.17) is 0 Å². The summed E-state index contributed by atoms with van der Waals surface area (Å²) in [7, 11) is 1.89. The van der Waals surface area contributed by atoms with Gasteiger partial charge in [-0.25, -0.2) is 4.98 Å². The molecule has 1 aliphatic rings. The van der Waals surface area contributed by atoms with Crippen molar-refractivity contribution >= 4 is 11.8 Å². The molecule has 0 radical (unpaired) electrons. The highest BCUT2D eigenvalue weighted by Crippen LogP contribution is 2.12. The van der Waals surface area contributed by atoms with Crippen molar-refractivity contribution in [1.29, 1.82) is 0 Å². The molecule has 1 atom stereocenters. The van der Waals surface area contributed by atoms with E-state index in [1.165, 1.54) is 4.90 Å². The summed E-state index contributed by atoms with van der Waals surface area (Å²) in [6.45, 7) is 2.74. The fourth-order valence-corrected chi connectivity index (χ4v) is 1.96. The molecule has 1 saturated heterocycles. The molecule has 0 aliphatic carbocycles. The van der Waals surface area contributed by atoms with Crippen LogP contribution >= 0.6 is 0 Å². The van der Waals surface area contributed by atoms with Crippen LogP contribution in [0.5, 0.6) is 0 Å². The van der Waals surface area contributed by atoms with Crippen LogP contribution in [0.2, 0.25) is 0 Å². The van der Waals surface area contributed by atoms with Crippen molar-refractivity contribution in [2.24, 2.45) is 7.05 Å². The number of nitrogens with one attached hydrogen (secondary N) is 1. The average Bonchev–Trinajstić information content (AvgIpc) is 2.81. The smallest absolute Gasteiger partial charge is 0.246 e. The number of nitrogens with zero attached hydrogens (tertiary/aromatic N) is 3. The Balaban J connectivity index is 1.95. The second kappa shape index (κ2) is 4.67. The number of carbonyl (C=O) groups excluding carboxylic acids is 2. The monoisotopic (exact) mass is 236 g/mol. The van der Waals surface area contributed by atoms with E-state index in [2.05, 4.69) is 10.3 Å². The van der Waals surface area contributed by atoms with Crippen molar-refractivity contribution in [3.05, 3.63) is 18.2 Å². The number of imidazole rings is 1. The lowest BCUT2D eigenvalue weighted by molar-refractivity contribution is -0.138. The summed E-state index contributed by atoms with van der Waals surface area (Å²) >= 11 is 0. The molecule has 1 aromatic rings. The standard InChI is InChI=1S/C11H16N4O2/c1-3-15-10(16)6-8(11(15)17)13-7-9-12-4-5-14(9)2/h4-5,8,13H,3,6-7H2,1-2H3. The van der Waals surface area contributed by atoms with Gasteiger partial charge in [-0.1, -0.05) is 0 Å². The van der Waals surface area contributed by atoms with Gasteiger partial charge in [0, 0.05) is 26.0 Å². The van der Waals surface area contributed by atoms with Gasteiger partial charge in [-0.15, -0.1) is 0 Å². The molecule has 17 heavy (non-hydrogen) atoms. The number of hydrogen-bond acceptors (Lipinski definition) is 4. The summed E-state index contributed by atoms with van der Waals surface area (Å²) < 4.78 is 1.88. The number of amides is 2. The molecule has 1 fully saturated rings. The van der Waals surface area contributed by atoms with E-state index >= 15 is 0 Å². The maximum Gasteiger partial charge on any atom is 0.246 e. The van der Waals surface area contributed by atoms with Gasteiger partial charge in [0.25, 0.3) is 0 Å². The van der Waals surface area contributed by atoms with Crippen LogP contribution in [-0.4, -0.2) is 38.9 Å². The van der Waals surface area contributed by atoms with E-state index in [0.29, 0.717) is 13.1 Å². The lowest BCUT2D eigenvalue weighted by atomic mass is 10.2. The molecule has 2 heterocycles. The van der Waals surface area contributed by atoms with Crippen LogP contribution in [0.4, 0.5) is 0 Å². The van der Waals surface area contributed by atoms with Gasteiger partial charge in [0.2, 0.25) is 11.8 Å². The quantitative estimate of drug-likeness (QED) is 0.726. The third-order valence-electron chi connectivity index (χ3n) is 2.99. The second-order valence-electron chi connectivity index (χ2n) is 4.07. The van der Waals surface area contributed by atoms with Gasteiger partial charge in [0.1, 0.15) is 5.82 Å². The van der Waals surface area contributed by atoms with Gasteiger partial charge < -0.3 is 4.57 Å². The van der Waals surface area contributed by atoms with Gasteiger partial charge in [-0.05, 0) is 6.92 Å². The molecular weight excluding hydrogens is 220 g/mol. The third-order valence-corrected chi connectivity index (χ3v) is 2.99. The van der Waals surface area contributed by atoms with E-state index in [1.54, 1.807) is 13.1 Å². The first kappa shape index (κ1) is 11.8. The van der Waals surface area contributed by atoms with Crippen molar-refractivity contribution in [1.82, 2.24) is 19.8 Å². The summed E-state index contributed by atoms with van der Waals surface area (Å²) in [5.74, 6) is 0.613. The Morgan fingerprint density at radius 2 is 2.29 bits per heavy atom. The summed E-state index contributed by atoms with van der Waals surface area (Å²) in [6, 6.07) is -0.404. The molecule has 6 nitrogen and oxygen atoms in total. The van der Waals surface area contributed by atoms with Crippen molar-refractivity contribution in [2.75, 3.05) is 6.54 Å². The Kier molecular flexibility index (Phi) is 3.23. The topological polar surface area (TPSA) is 67.2 Å². The van der Waals surface area contributed by atoms with Crippen LogP contribution in [0.1, 0.15) is 19.2 Å². The zero-order valence-electron chi connectivity index (χ0n) is 10.0. The average molecular weight is 236 g/mol. The van der Waals surface area contributed by atoms with Gasteiger partial charge in [-0.3, -0.25) is 19.8 Å². The molecule has 6 heteroatoms. The number of aromatic nitrogens is 2. The number of imide groups is 1. The molecule has 2 rings (SSSR count). The van der Waals surface area contributed by atoms with Gasteiger partial charge in [0.05, 0.1) is 19.0 Å².